The van der Waals surface area contributed by atoms with Crippen molar-refractivity contribution in [3.05, 3.63) is 11.3 Å². The maximum Gasteiger partial charge on any atom is 0.217 e. The molecule has 1 aromatic heterocycles. The summed E-state index contributed by atoms with van der Waals surface area (Å²) in [5.41, 5.74) is 1.64. The molecule has 0 aliphatic carbocycles. The predicted molar refractivity (Wildman–Crippen MR) is 56.5 cm³/mol. The summed E-state index contributed by atoms with van der Waals surface area (Å²) in [6.45, 7) is 4.57. The minimum atomic E-state index is -0.362. The van der Waals surface area contributed by atoms with Crippen molar-refractivity contribution in [2.45, 2.75) is 19.9 Å². The Labute approximate surface area is 89.6 Å². The molecule has 5 heteroatoms. The Hall–Kier alpha value is -1.54. The fraction of sp³-hybridized carbons (Fsp3) is 0.600. The summed E-state index contributed by atoms with van der Waals surface area (Å²) in [6, 6.07) is 1.84. The van der Waals surface area contributed by atoms with Gasteiger partial charge in [0.05, 0.1) is 24.4 Å². The SMILES string of the molecule is CCNC(C#N)c1c(C)nn(C)c1OC. The molecule has 82 valence electrons. The summed E-state index contributed by atoms with van der Waals surface area (Å²) >= 11 is 0. The van der Waals surface area contributed by atoms with E-state index in [-0.39, 0.29) is 6.04 Å². The zero-order chi connectivity index (χ0) is 11.4. The normalized spacial score (nSPS) is 12.2. The minimum absolute atomic E-state index is 0.362. The quantitative estimate of drug-likeness (QED) is 0.799. The number of aryl methyl sites for hydroxylation is 2. The summed E-state index contributed by atoms with van der Waals surface area (Å²) in [4.78, 5) is 0. The number of nitrogens with one attached hydrogen (secondary N) is 1. The molecular weight excluding hydrogens is 192 g/mol. The molecule has 0 aliphatic rings. The molecule has 0 bridgehead atoms. The van der Waals surface area contributed by atoms with E-state index in [4.69, 9.17) is 10.00 Å². The number of nitrogens with zero attached hydrogens (tertiary/aromatic N) is 3. The van der Waals surface area contributed by atoms with Crippen molar-refractivity contribution in [2.75, 3.05) is 13.7 Å². The highest BCUT2D eigenvalue weighted by atomic mass is 16.5. The maximum atomic E-state index is 9.06. The van der Waals surface area contributed by atoms with Gasteiger partial charge in [-0.25, -0.2) is 4.68 Å². The molecule has 1 unspecified atom stereocenters. The van der Waals surface area contributed by atoms with Gasteiger partial charge in [-0.05, 0) is 13.5 Å². The van der Waals surface area contributed by atoms with Crippen molar-refractivity contribution in [1.82, 2.24) is 15.1 Å². The monoisotopic (exact) mass is 208 g/mol. The molecule has 15 heavy (non-hydrogen) atoms. The average Bonchev–Trinajstić information content (AvgIpc) is 2.49. The first kappa shape index (κ1) is 11.5. The first-order valence-corrected chi connectivity index (χ1v) is 4.86. The van der Waals surface area contributed by atoms with Crippen molar-refractivity contribution < 1.29 is 4.74 Å². The van der Waals surface area contributed by atoms with Crippen LogP contribution in [0.5, 0.6) is 5.88 Å². The van der Waals surface area contributed by atoms with Gasteiger partial charge < -0.3 is 4.74 Å². The zero-order valence-corrected chi connectivity index (χ0v) is 9.53. The predicted octanol–water partition coefficient (Wildman–Crippen LogP) is 0.911. The summed E-state index contributed by atoms with van der Waals surface area (Å²) in [5.74, 6) is 0.639. The van der Waals surface area contributed by atoms with Gasteiger partial charge in [-0.3, -0.25) is 5.32 Å². The standard InChI is InChI=1S/C10H16N4O/c1-5-12-8(6-11)9-7(2)13-14(3)10(9)15-4/h8,12H,5H2,1-4H3. The van der Waals surface area contributed by atoms with Crippen LogP contribution in [0.15, 0.2) is 0 Å². The fourth-order valence-corrected chi connectivity index (χ4v) is 1.64. The molecule has 0 aromatic carbocycles. The van der Waals surface area contributed by atoms with E-state index in [1.54, 1.807) is 18.8 Å². The lowest BCUT2D eigenvalue weighted by Crippen LogP contribution is -2.20. The molecular formula is C10H16N4O. The van der Waals surface area contributed by atoms with Crippen LogP contribution in [-0.4, -0.2) is 23.4 Å². The second kappa shape index (κ2) is 4.80. The summed E-state index contributed by atoms with van der Waals surface area (Å²) in [7, 11) is 3.38. The molecule has 0 amide bonds. The lowest BCUT2D eigenvalue weighted by molar-refractivity contribution is 0.366. The third-order valence-electron chi connectivity index (χ3n) is 2.23. The van der Waals surface area contributed by atoms with E-state index < -0.39 is 0 Å². The average molecular weight is 208 g/mol. The second-order valence-corrected chi connectivity index (χ2v) is 3.25. The van der Waals surface area contributed by atoms with Crippen LogP contribution in [0.2, 0.25) is 0 Å². The third kappa shape index (κ3) is 2.10. The number of ether oxygens (including phenoxy) is 1. The van der Waals surface area contributed by atoms with Crippen molar-refractivity contribution in [1.29, 1.82) is 5.26 Å². The van der Waals surface area contributed by atoms with Gasteiger partial charge >= 0.3 is 0 Å². The lowest BCUT2D eigenvalue weighted by atomic mass is 10.1. The first-order chi connectivity index (χ1) is 7.15. The Morgan fingerprint density at radius 2 is 2.33 bits per heavy atom. The molecule has 0 fully saturated rings. The molecule has 1 rings (SSSR count). The van der Waals surface area contributed by atoms with Crippen LogP contribution in [0.3, 0.4) is 0 Å². The van der Waals surface area contributed by atoms with E-state index in [0.29, 0.717) is 5.88 Å². The molecule has 0 spiro atoms. The topological polar surface area (TPSA) is 62.9 Å². The Balaban J connectivity index is 3.16. The largest absolute Gasteiger partial charge is 0.481 e. The molecule has 1 atom stereocenters. The van der Waals surface area contributed by atoms with Gasteiger partial charge in [0.1, 0.15) is 6.04 Å². The lowest BCUT2D eigenvalue weighted by Gasteiger charge is -2.11. The Morgan fingerprint density at radius 1 is 1.67 bits per heavy atom. The van der Waals surface area contributed by atoms with E-state index in [2.05, 4.69) is 16.5 Å². The number of hydrogen-bond acceptors (Lipinski definition) is 4. The number of methoxy groups -OCH3 is 1. The van der Waals surface area contributed by atoms with Crippen LogP contribution in [0.25, 0.3) is 0 Å². The molecule has 1 N–H and O–H groups in total. The molecule has 0 saturated heterocycles. The Bertz CT molecular complexity index is 378. The Kier molecular flexibility index (Phi) is 3.69. The third-order valence-corrected chi connectivity index (χ3v) is 2.23. The van der Waals surface area contributed by atoms with Crippen molar-refractivity contribution >= 4 is 0 Å². The minimum Gasteiger partial charge on any atom is -0.481 e. The smallest absolute Gasteiger partial charge is 0.217 e. The molecule has 0 saturated carbocycles. The van der Waals surface area contributed by atoms with Crippen molar-refractivity contribution in [3.63, 3.8) is 0 Å². The van der Waals surface area contributed by atoms with Crippen LogP contribution in [0, 0.1) is 18.3 Å². The molecule has 1 aromatic rings. The number of hydrogen-bond donors (Lipinski definition) is 1. The molecule has 0 aliphatic heterocycles. The van der Waals surface area contributed by atoms with Gasteiger partial charge in [0.2, 0.25) is 5.88 Å². The summed E-state index contributed by atoms with van der Waals surface area (Å²) in [6.07, 6.45) is 0. The second-order valence-electron chi connectivity index (χ2n) is 3.25. The number of nitriles is 1. The van der Waals surface area contributed by atoms with Gasteiger partial charge in [0.15, 0.2) is 0 Å². The van der Waals surface area contributed by atoms with E-state index in [1.807, 2.05) is 13.8 Å². The van der Waals surface area contributed by atoms with Crippen LogP contribution in [-0.2, 0) is 7.05 Å². The molecule has 0 radical (unpaired) electrons. The van der Waals surface area contributed by atoms with Crippen LogP contribution in [0.4, 0.5) is 0 Å². The van der Waals surface area contributed by atoms with E-state index >= 15 is 0 Å². The van der Waals surface area contributed by atoms with Crippen molar-refractivity contribution in [3.8, 4) is 11.9 Å². The van der Waals surface area contributed by atoms with Gasteiger partial charge in [-0.2, -0.15) is 10.4 Å². The van der Waals surface area contributed by atoms with E-state index in [9.17, 15) is 0 Å². The molecule has 1 heterocycles. The Morgan fingerprint density at radius 3 is 2.80 bits per heavy atom. The first-order valence-electron chi connectivity index (χ1n) is 4.86. The van der Waals surface area contributed by atoms with Crippen molar-refractivity contribution in [2.24, 2.45) is 7.05 Å². The number of rotatable bonds is 4. The summed E-state index contributed by atoms with van der Waals surface area (Å²) < 4.78 is 6.88. The van der Waals surface area contributed by atoms with E-state index in [1.165, 1.54) is 0 Å². The van der Waals surface area contributed by atoms with Gasteiger partial charge in [0, 0.05) is 7.05 Å². The highest BCUT2D eigenvalue weighted by molar-refractivity contribution is 5.37. The highest BCUT2D eigenvalue weighted by Crippen LogP contribution is 2.27. The van der Waals surface area contributed by atoms with Gasteiger partial charge in [-0.1, -0.05) is 6.92 Å². The highest BCUT2D eigenvalue weighted by Gasteiger charge is 2.22. The van der Waals surface area contributed by atoms with Gasteiger partial charge in [-0.15, -0.1) is 0 Å². The number of aromatic nitrogens is 2. The van der Waals surface area contributed by atoms with Gasteiger partial charge in [0.25, 0.3) is 0 Å². The van der Waals surface area contributed by atoms with Crippen LogP contribution in [0.1, 0.15) is 24.2 Å². The maximum absolute atomic E-state index is 9.06. The molecule has 5 nitrogen and oxygen atoms in total. The fourth-order valence-electron chi connectivity index (χ4n) is 1.64. The summed E-state index contributed by atoms with van der Waals surface area (Å²) in [5, 5.41) is 16.4. The zero-order valence-electron chi connectivity index (χ0n) is 9.53. The van der Waals surface area contributed by atoms with E-state index in [0.717, 1.165) is 17.8 Å². The van der Waals surface area contributed by atoms with Crippen LogP contribution >= 0.6 is 0 Å². The van der Waals surface area contributed by atoms with Crippen LogP contribution < -0.4 is 10.1 Å².